The van der Waals surface area contributed by atoms with E-state index < -0.39 is 22.0 Å². The zero-order valence-corrected chi connectivity index (χ0v) is 19.7. The second-order valence-corrected chi connectivity index (χ2v) is 9.45. The van der Waals surface area contributed by atoms with Crippen LogP contribution < -0.4 is 14.5 Å². The second kappa shape index (κ2) is 10.1. The third kappa shape index (κ3) is 6.43. The Balaban J connectivity index is 2.20. The quantitative estimate of drug-likeness (QED) is 0.323. The van der Waals surface area contributed by atoms with E-state index in [0.717, 1.165) is 19.7 Å². The molecular weight excluding hydrogens is 505 g/mol. The average Bonchev–Trinajstić information content (AvgIpc) is 2.67. The van der Waals surface area contributed by atoms with Crippen molar-refractivity contribution in [1.29, 1.82) is 0 Å². The number of nitrogens with zero attached hydrogens (tertiary/aromatic N) is 2. The van der Waals surface area contributed by atoms with Gasteiger partial charge in [0.1, 0.15) is 11.8 Å². The number of hydrazone groups is 1. The first-order valence-corrected chi connectivity index (χ1v) is 11.9. The molecule has 0 unspecified atom stereocenters. The lowest BCUT2D eigenvalue weighted by molar-refractivity contribution is -0.121. The lowest BCUT2D eigenvalue weighted by Gasteiger charge is -2.27. The van der Waals surface area contributed by atoms with Crippen molar-refractivity contribution < 1.29 is 17.9 Å². The molecule has 1 N–H and O–H groups in total. The maximum absolute atomic E-state index is 12.6. The lowest BCUT2D eigenvalue weighted by atomic mass is 10.1. The van der Waals surface area contributed by atoms with Crippen molar-refractivity contribution in [2.45, 2.75) is 26.8 Å². The molecule has 0 radical (unpaired) electrons. The lowest BCUT2D eigenvalue weighted by Crippen LogP contribution is -2.46. The van der Waals surface area contributed by atoms with Gasteiger partial charge in [-0.25, -0.2) is 13.8 Å². The third-order valence-corrected chi connectivity index (χ3v) is 6.05. The molecule has 2 aromatic rings. The maximum Gasteiger partial charge on any atom is 0.263 e. The van der Waals surface area contributed by atoms with Gasteiger partial charge < -0.3 is 4.74 Å². The average molecular weight is 529 g/mol. The van der Waals surface area contributed by atoms with Gasteiger partial charge in [-0.05, 0) is 85.3 Å². The molecular formula is C20H24IN3O4S. The molecule has 0 saturated carbocycles. The molecule has 0 aromatic heterocycles. The minimum atomic E-state index is -3.70. The van der Waals surface area contributed by atoms with E-state index in [1.165, 1.54) is 6.92 Å². The normalized spacial score (nSPS) is 12.9. The zero-order chi connectivity index (χ0) is 21.6. The molecule has 0 aliphatic rings. The maximum atomic E-state index is 12.6. The second-order valence-electron chi connectivity index (χ2n) is 6.34. The van der Waals surface area contributed by atoms with Crippen LogP contribution in [0.5, 0.6) is 5.75 Å². The van der Waals surface area contributed by atoms with Gasteiger partial charge in [-0.15, -0.1) is 0 Å². The third-order valence-electron chi connectivity index (χ3n) is 4.09. The SMILES string of the molecule is CCOc1ccc(N([C@H](C)C(=O)N/N=C(/C)c2ccc(I)cc2)S(C)(=O)=O)cc1. The van der Waals surface area contributed by atoms with E-state index in [1.54, 1.807) is 31.2 Å². The summed E-state index contributed by atoms with van der Waals surface area (Å²) in [7, 11) is -3.70. The summed E-state index contributed by atoms with van der Waals surface area (Å²) in [5, 5.41) is 4.11. The first-order chi connectivity index (χ1) is 13.6. The summed E-state index contributed by atoms with van der Waals surface area (Å²) in [6.45, 7) is 5.66. The van der Waals surface area contributed by atoms with Gasteiger partial charge in [0.25, 0.3) is 5.91 Å². The number of anilines is 1. The number of ether oxygens (including phenoxy) is 1. The summed E-state index contributed by atoms with van der Waals surface area (Å²) in [6, 6.07) is 13.2. The summed E-state index contributed by atoms with van der Waals surface area (Å²) in [4.78, 5) is 12.6. The molecule has 0 aliphatic carbocycles. The van der Waals surface area contributed by atoms with Crippen molar-refractivity contribution in [3.05, 3.63) is 57.7 Å². The monoisotopic (exact) mass is 529 g/mol. The van der Waals surface area contributed by atoms with Crippen LogP contribution in [0.25, 0.3) is 0 Å². The Hall–Kier alpha value is -2.14. The fourth-order valence-corrected chi connectivity index (χ4v) is 4.19. The molecule has 29 heavy (non-hydrogen) atoms. The van der Waals surface area contributed by atoms with Crippen molar-refractivity contribution in [1.82, 2.24) is 5.43 Å². The van der Waals surface area contributed by atoms with Gasteiger partial charge in [-0.2, -0.15) is 5.10 Å². The van der Waals surface area contributed by atoms with E-state index >= 15 is 0 Å². The predicted octanol–water partition coefficient (Wildman–Crippen LogP) is 3.38. The molecule has 2 rings (SSSR count). The van der Waals surface area contributed by atoms with Gasteiger partial charge in [0.05, 0.1) is 24.3 Å². The molecule has 1 atom stereocenters. The minimum Gasteiger partial charge on any atom is -0.494 e. The van der Waals surface area contributed by atoms with E-state index in [0.29, 0.717) is 23.8 Å². The Morgan fingerprint density at radius 3 is 2.28 bits per heavy atom. The number of carbonyl (C=O) groups excluding carboxylic acids is 1. The largest absolute Gasteiger partial charge is 0.494 e. The highest BCUT2D eigenvalue weighted by molar-refractivity contribution is 14.1. The number of sulfonamides is 1. The Labute approximate surface area is 185 Å². The number of halogens is 1. The van der Waals surface area contributed by atoms with Gasteiger partial charge in [0.2, 0.25) is 10.0 Å². The smallest absolute Gasteiger partial charge is 0.263 e. The highest BCUT2D eigenvalue weighted by atomic mass is 127. The van der Waals surface area contributed by atoms with Crippen LogP contribution in [0, 0.1) is 3.57 Å². The number of amides is 1. The van der Waals surface area contributed by atoms with E-state index in [4.69, 9.17) is 4.74 Å². The highest BCUT2D eigenvalue weighted by Gasteiger charge is 2.29. The highest BCUT2D eigenvalue weighted by Crippen LogP contribution is 2.24. The van der Waals surface area contributed by atoms with Crippen LogP contribution in [0.2, 0.25) is 0 Å². The first-order valence-electron chi connectivity index (χ1n) is 8.95. The van der Waals surface area contributed by atoms with Crippen molar-refractivity contribution in [3.63, 3.8) is 0 Å². The zero-order valence-electron chi connectivity index (χ0n) is 16.7. The van der Waals surface area contributed by atoms with E-state index in [2.05, 4.69) is 33.1 Å². The molecule has 0 aliphatic heterocycles. The standard InChI is InChI=1S/C20H24IN3O4S/c1-5-28-19-12-10-18(11-13-19)24(29(4,26)27)15(3)20(25)23-22-14(2)16-6-8-17(21)9-7-16/h6-13,15H,5H2,1-4H3,(H,23,25)/b22-14-/t15-/m1/s1. The Morgan fingerprint density at radius 2 is 1.76 bits per heavy atom. The molecule has 7 nitrogen and oxygen atoms in total. The Kier molecular flexibility index (Phi) is 8.03. The predicted molar refractivity (Wildman–Crippen MR) is 124 cm³/mol. The van der Waals surface area contributed by atoms with Crippen LogP contribution in [0.4, 0.5) is 5.69 Å². The van der Waals surface area contributed by atoms with Gasteiger partial charge in [0.15, 0.2) is 0 Å². The molecule has 2 aromatic carbocycles. The fraction of sp³-hybridized carbons (Fsp3) is 0.300. The van der Waals surface area contributed by atoms with Crippen LogP contribution in [0.15, 0.2) is 53.6 Å². The molecule has 0 saturated heterocycles. The summed E-state index contributed by atoms with van der Waals surface area (Å²) in [5.41, 5.74) is 4.32. The van der Waals surface area contributed by atoms with Crippen LogP contribution in [-0.2, 0) is 14.8 Å². The summed E-state index contributed by atoms with van der Waals surface area (Å²) in [5.74, 6) is 0.0914. The molecule has 0 heterocycles. The number of rotatable bonds is 8. The molecule has 0 fully saturated rings. The van der Waals surface area contributed by atoms with Gasteiger partial charge >= 0.3 is 0 Å². The molecule has 9 heteroatoms. The summed E-state index contributed by atoms with van der Waals surface area (Å²) in [6.07, 6.45) is 1.06. The van der Waals surface area contributed by atoms with E-state index in [9.17, 15) is 13.2 Å². The Bertz CT molecular complexity index is 974. The first kappa shape index (κ1) is 23.1. The molecule has 1 amide bonds. The van der Waals surface area contributed by atoms with Gasteiger partial charge in [-0.1, -0.05) is 12.1 Å². The van der Waals surface area contributed by atoms with Crippen molar-refractivity contribution in [2.75, 3.05) is 17.2 Å². The topological polar surface area (TPSA) is 88.1 Å². The van der Waals surface area contributed by atoms with Crippen LogP contribution in [0.3, 0.4) is 0 Å². The summed E-state index contributed by atoms with van der Waals surface area (Å²) < 4.78 is 32.3. The number of benzene rings is 2. The van der Waals surface area contributed by atoms with Gasteiger partial charge in [0, 0.05) is 3.57 Å². The number of hydrogen-bond acceptors (Lipinski definition) is 5. The van der Waals surface area contributed by atoms with Crippen molar-refractivity contribution in [2.24, 2.45) is 5.10 Å². The number of nitrogens with one attached hydrogen (secondary N) is 1. The number of hydrogen-bond donors (Lipinski definition) is 1. The Morgan fingerprint density at radius 1 is 1.17 bits per heavy atom. The molecule has 0 bridgehead atoms. The minimum absolute atomic E-state index is 0.372. The van der Waals surface area contributed by atoms with E-state index in [-0.39, 0.29) is 0 Å². The van der Waals surface area contributed by atoms with Crippen LogP contribution >= 0.6 is 22.6 Å². The van der Waals surface area contributed by atoms with Crippen LogP contribution in [-0.4, -0.2) is 38.9 Å². The van der Waals surface area contributed by atoms with E-state index in [1.807, 2.05) is 31.2 Å². The molecule has 156 valence electrons. The van der Waals surface area contributed by atoms with Crippen molar-refractivity contribution >= 4 is 49.9 Å². The van der Waals surface area contributed by atoms with Gasteiger partial charge in [-0.3, -0.25) is 9.10 Å². The van der Waals surface area contributed by atoms with Crippen LogP contribution in [0.1, 0.15) is 26.3 Å². The van der Waals surface area contributed by atoms with Crippen molar-refractivity contribution in [3.8, 4) is 5.75 Å². The fourth-order valence-electron chi connectivity index (χ4n) is 2.65. The molecule has 0 spiro atoms. The number of carbonyl (C=O) groups is 1. The summed E-state index contributed by atoms with van der Waals surface area (Å²) >= 11 is 2.21.